The first-order valence-corrected chi connectivity index (χ1v) is 7.22. The van der Waals surface area contributed by atoms with Gasteiger partial charge in [-0.1, -0.05) is 30.4 Å². The maximum Gasteiger partial charge on any atom is 0.210 e. The van der Waals surface area contributed by atoms with Crippen LogP contribution in [-0.2, 0) is 7.05 Å². The molecule has 0 unspecified atom stereocenters. The predicted molar refractivity (Wildman–Crippen MR) is 88.6 cm³/mol. The number of para-hydroxylation sites is 1. The summed E-state index contributed by atoms with van der Waals surface area (Å²) in [5.74, 6) is 0.197. The molecule has 0 aliphatic rings. The number of thiazole rings is 1. The van der Waals surface area contributed by atoms with Gasteiger partial charge in [0, 0.05) is 13.3 Å². The highest BCUT2D eigenvalue weighted by Gasteiger charge is 2.04. The van der Waals surface area contributed by atoms with E-state index >= 15 is 0 Å². The molecule has 0 radical (unpaired) electrons. The molecule has 0 bridgehead atoms. The average molecular weight is 302 g/mol. The summed E-state index contributed by atoms with van der Waals surface area (Å²) in [7, 11) is 1.74. The van der Waals surface area contributed by atoms with Crippen molar-refractivity contribution in [1.82, 2.24) is 4.57 Å². The van der Waals surface area contributed by atoms with Gasteiger partial charge >= 0.3 is 0 Å². The van der Waals surface area contributed by atoms with E-state index in [0.29, 0.717) is 3.95 Å². The molecule has 5 heteroatoms. The molecule has 1 heterocycles. The Morgan fingerprint density at radius 2 is 1.95 bits per heavy atom. The highest BCUT2D eigenvalue weighted by molar-refractivity contribution is 7.73. The van der Waals surface area contributed by atoms with Crippen LogP contribution in [0.25, 0.3) is 6.08 Å². The molecule has 0 amide bonds. The lowest BCUT2D eigenvalue weighted by Gasteiger charge is -1.92. The lowest BCUT2D eigenvalue weighted by molar-refractivity contribution is 0.430. The van der Waals surface area contributed by atoms with Gasteiger partial charge in [0.15, 0.2) is 3.95 Å². The molecule has 0 atom stereocenters. The summed E-state index contributed by atoms with van der Waals surface area (Å²) in [6.07, 6.45) is 9.09. The molecule has 2 aromatic rings. The molecular formula is C15H14N2OS2. The number of aromatic hydroxyl groups is 1. The fourth-order valence-corrected chi connectivity index (χ4v) is 2.61. The van der Waals surface area contributed by atoms with Crippen molar-refractivity contribution in [2.24, 2.45) is 12.0 Å². The van der Waals surface area contributed by atoms with Crippen LogP contribution in [0.3, 0.4) is 0 Å². The van der Waals surface area contributed by atoms with E-state index < -0.39 is 0 Å². The molecule has 0 saturated heterocycles. The Labute approximate surface area is 126 Å². The fourth-order valence-electron chi connectivity index (χ4n) is 1.47. The lowest BCUT2D eigenvalue weighted by atomic mass is 10.3. The van der Waals surface area contributed by atoms with Crippen molar-refractivity contribution in [1.29, 1.82) is 0 Å². The third kappa shape index (κ3) is 3.76. The standard InChI is InChI=1S/C15H14N2OS2/c1-17-14(18)13(20-15(17)19)10-6-3-7-11-16-12-8-4-2-5-9-12/h2-11,18H,1H3. The molecule has 1 aromatic carbocycles. The maximum atomic E-state index is 9.77. The summed E-state index contributed by atoms with van der Waals surface area (Å²) in [6, 6.07) is 9.73. The first-order chi connectivity index (χ1) is 9.68. The molecule has 0 spiro atoms. The third-order valence-electron chi connectivity index (χ3n) is 2.54. The van der Waals surface area contributed by atoms with Crippen molar-refractivity contribution in [3.05, 3.63) is 57.4 Å². The van der Waals surface area contributed by atoms with E-state index in [4.69, 9.17) is 12.2 Å². The van der Waals surface area contributed by atoms with E-state index in [9.17, 15) is 5.11 Å². The fraction of sp³-hybridized carbons (Fsp3) is 0.0667. The van der Waals surface area contributed by atoms with Crippen LogP contribution >= 0.6 is 23.6 Å². The van der Waals surface area contributed by atoms with Crippen LogP contribution in [-0.4, -0.2) is 15.9 Å². The van der Waals surface area contributed by atoms with Gasteiger partial charge in [0.2, 0.25) is 5.88 Å². The van der Waals surface area contributed by atoms with Gasteiger partial charge in [-0.15, -0.1) is 11.3 Å². The Balaban J connectivity index is 1.96. The van der Waals surface area contributed by atoms with E-state index in [1.807, 2.05) is 54.6 Å². The minimum Gasteiger partial charge on any atom is -0.493 e. The Bertz CT molecular complexity index is 709. The smallest absolute Gasteiger partial charge is 0.210 e. The van der Waals surface area contributed by atoms with Crippen LogP contribution in [0.1, 0.15) is 4.88 Å². The summed E-state index contributed by atoms with van der Waals surface area (Å²) < 4.78 is 2.23. The largest absolute Gasteiger partial charge is 0.493 e. The molecule has 102 valence electrons. The summed E-state index contributed by atoms with van der Waals surface area (Å²) in [4.78, 5) is 5.03. The summed E-state index contributed by atoms with van der Waals surface area (Å²) >= 11 is 6.46. The highest BCUT2D eigenvalue weighted by atomic mass is 32.1. The lowest BCUT2D eigenvalue weighted by Crippen LogP contribution is -1.84. The average Bonchev–Trinajstić information content (AvgIpc) is 2.71. The van der Waals surface area contributed by atoms with Gasteiger partial charge in [-0.3, -0.25) is 9.56 Å². The number of allylic oxidation sites excluding steroid dienone is 3. The van der Waals surface area contributed by atoms with Gasteiger partial charge in [-0.05, 0) is 36.5 Å². The minimum absolute atomic E-state index is 0.197. The van der Waals surface area contributed by atoms with Crippen LogP contribution < -0.4 is 0 Å². The van der Waals surface area contributed by atoms with Gasteiger partial charge < -0.3 is 5.11 Å². The second-order valence-electron chi connectivity index (χ2n) is 3.97. The zero-order chi connectivity index (χ0) is 14.4. The van der Waals surface area contributed by atoms with Crippen molar-refractivity contribution in [3.63, 3.8) is 0 Å². The number of aliphatic imine (C=N–C) groups is 1. The Kier molecular flexibility index (Phi) is 5.03. The topological polar surface area (TPSA) is 37.5 Å². The number of nitrogens with zero attached hydrogens (tertiary/aromatic N) is 2. The molecule has 0 fully saturated rings. The van der Waals surface area contributed by atoms with Gasteiger partial charge in [0.25, 0.3) is 0 Å². The number of rotatable bonds is 4. The highest BCUT2D eigenvalue weighted by Crippen LogP contribution is 2.25. The third-order valence-corrected chi connectivity index (χ3v) is 4.06. The Morgan fingerprint density at radius 3 is 2.60 bits per heavy atom. The van der Waals surface area contributed by atoms with Gasteiger partial charge in [-0.25, -0.2) is 0 Å². The van der Waals surface area contributed by atoms with Gasteiger partial charge in [0.1, 0.15) is 0 Å². The summed E-state index contributed by atoms with van der Waals surface area (Å²) in [6.45, 7) is 0. The van der Waals surface area contributed by atoms with Crippen molar-refractivity contribution >= 4 is 41.5 Å². The van der Waals surface area contributed by atoms with E-state index in [0.717, 1.165) is 10.6 Å². The number of aromatic nitrogens is 1. The molecular weight excluding hydrogens is 288 g/mol. The van der Waals surface area contributed by atoms with Crippen LogP contribution in [0, 0.1) is 3.95 Å². The van der Waals surface area contributed by atoms with Crippen molar-refractivity contribution in [2.75, 3.05) is 0 Å². The summed E-state index contributed by atoms with van der Waals surface area (Å²) in [5, 5.41) is 9.77. The monoisotopic (exact) mass is 302 g/mol. The minimum atomic E-state index is 0.197. The van der Waals surface area contributed by atoms with Crippen LogP contribution in [0.2, 0.25) is 0 Å². The molecule has 1 aromatic heterocycles. The molecule has 3 nitrogen and oxygen atoms in total. The van der Waals surface area contributed by atoms with Crippen LogP contribution in [0.4, 0.5) is 5.69 Å². The SMILES string of the molecule is Cn1c(O)c(C=CC=CC=Nc2ccccc2)sc1=S. The van der Waals surface area contributed by atoms with Crippen molar-refractivity contribution < 1.29 is 5.11 Å². The second-order valence-corrected chi connectivity index (χ2v) is 5.65. The Morgan fingerprint density at radius 1 is 1.20 bits per heavy atom. The first kappa shape index (κ1) is 14.4. The molecule has 0 saturated carbocycles. The zero-order valence-corrected chi connectivity index (χ0v) is 12.6. The number of hydrogen-bond donors (Lipinski definition) is 1. The van der Waals surface area contributed by atoms with E-state index in [1.54, 1.807) is 17.8 Å². The molecule has 20 heavy (non-hydrogen) atoms. The number of benzene rings is 1. The summed E-state index contributed by atoms with van der Waals surface area (Å²) in [5.41, 5.74) is 0.916. The molecule has 1 N–H and O–H groups in total. The first-order valence-electron chi connectivity index (χ1n) is 5.99. The van der Waals surface area contributed by atoms with Gasteiger partial charge in [-0.2, -0.15) is 0 Å². The maximum absolute atomic E-state index is 9.77. The van der Waals surface area contributed by atoms with E-state index in [2.05, 4.69) is 4.99 Å². The quantitative estimate of drug-likeness (QED) is 0.513. The molecule has 2 rings (SSSR count). The van der Waals surface area contributed by atoms with E-state index in [-0.39, 0.29) is 5.88 Å². The van der Waals surface area contributed by atoms with Crippen molar-refractivity contribution in [2.45, 2.75) is 0 Å². The molecule has 0 aliphatic carbocycles. The zero-order valence-electron chi connectivity index (χ0n) is 10.9. The van der Waals surface area contributed by atoms with Crippen LogP contribution in [0.5, 0.6) is 5.88 Å². The predicted octanol–water partition coefficient (Wildman–Crippen LogP) is 4.49. The van der Waals surface area contributed by atoms with Crippen LogP contribution in [0.15, 0.2) is 53.6 Å². The number of hydrogen-bond acceptors (Lipinski definition) is 4. The van der Waals surface area contributed by atoms with E-state index in [1.165, 1.54) is 11.3 Å². The molecule has 0 aliphatic heterocycles. The van der Waals surface area contributed by atoms with Crippen molar-refractivity contribution in [3.8, 4) is 5.88 Å². The Hall–Kier alpha value is -1.98. The normalized spacial score (nSPS) is 12.1. The van der Waals surface area contributed by atoms with Gasteiger partial charge in [0.05, 0.1) is 10.6 Å². The second kappa shape index (κ2) is 6.98.